The molecule has 2 heterocycles. The fourth-order valence-corrected chi connectivity index (χ4v) is 3.84. The molecule has 0 atom stereocenters. The quantitative estimate of drug-likeness (QED) is 0.849. The topological polar surface area (TPSA) is 33.2 Å². The van der Waals surface area contributed by atoms with E-state index in [4.69, 9.17) is 4.98 Å². The second-order valence-electron chi connectivity index (χ2n) is 6.14. The normalized spacial score (nSPS) is 21.1. The Labute approximate surface area is 119 Å². The molecule has 0 unspecified atom stereocenters. The molecule has 3 rings (SSSR count). The van der Waals surface area contributed by atoms with E-state index in [2.05, 4.69) is 24.1 Å². The highest BCUT2D eigenvalue weighted by molar-refractivity contribution is 7.09. The maximum Gasteiger partial charge on any atom is 0.225 e. The van der Waals surface area contributed by atoms with Crippen LogP contribution in [0.3, 0.4) is 0 Å². The number of aromatic nitrogens is 1. The summed E-state index contributed by atoms with van der Waals surface area (Å²) in [5.74, 6) is 1.85. The van der Waals surface area contributed by atoms with Crippen molar-refractivity contribution in [2.24, 2.45) is 5.92 Å². The van der Waals surface area contributed by atoms with Crippen molar-refractivity contribution in [2.45, 2.75) is 51.4 Å². The third kappa shape index (κ3) is 2.83. The summed E-state index contributed by atoms with van der Waals surface area (Å²) < 4.78 is 0. The maximum atomic E-state index is 12.0. The zero-order valence-electron chi connectivity index (χ0n) is 11.8. The first-order valence-electron chi connectivity index (χ1n) is 7.39. The van der Waals surface area contributed by atoms with Crippen LogP contribution in [0, 0.1) is 5.92 Å². The number of rotatable bonds is 3. The molecule has 1 aromatic heterocycles. The Hall–Kier alpha value is -0.900. The van der Waals surface area contributed by atoms with Crippen molar-refractivity contribution in [1.82, 2.24) is 9.88 Å². The number of thiazole rings is 1. The van der Waals surface area contributed by atoms with Crippen LogP contribution in [-0.2, 0) is 4.79 Å². The summed E-state index contributed by atoms with van der Waals surface area (Å²) in [6.45, 7) is 6.23. The van der Waals surface area contributed by atoms with Crippen LogP contribution in [0.5, 0.6) is 0 Å². The van der Waals surface area contributed by atoms with Crippen molar-refractivity contribution < 1.29 is 4.79 Å². The number of amides is 1. The number of hydrogen-bond acceptors (Lipinski definition) is 3. The lowest BCUT2D eigenvalue weighted by Crippen LogP contribution is -2.38. The molecule has 1 aliphatic carbocycles. The Kier molecular flexibility index (Phi) is 3.61. The lowest BCUT2D eigenvalue weighted by molar-refractivity contribution is -0.133. The van der Waals surface area contributed by atoms with Gasteiger partial charge in [0.25, 0.3) is 0 Å². The molecule has 1 saturated carbocycles. The first kappa shape index (κ1) is 13.1. The predicted molar refractivity (Wildman–Crippen MR) is 77.5 cm³/mol. The average molecular weight is 278 g/mol. The standard InChI is InChI=1S/C15H22N2OS/c1-10(2)13-9-19-14(16-13)11-5-7-17(8-6-11)15(18)12-3-4-12/h9-12H,3-8H2,1-2H3. The van der Waals surface area contributed by atoms with E-state index < -0.39 is 0 Å². The number of likely N-dealkylation sites (tertiary alicyclic amines) is 1. The Morgan fingerprint density at radius 1 is 1.32 bits per heavy atom. The van der Waals surface area contributed by atoms with Gasteiger partial charge < -0.3 is 4.90 Å². The fourth-order valence-electron chi connectivity index (χ4n) is 2.69. The zero-order valence-corrected chi connectivity index (χ0v) is 12.6. The summed E-state index contributed by atoms with van der Waals surface area (Å²) in [7, 11) is 0. The molecule has 1 aromatic rings. The van der Waals surface area contributed by atoms with Crippen LogP contribution < -0.4 is 0 Å². The van der Waals surface area contributed by atoms with E-state index in [1.54, 1.807) is 11.3 Å². The van der Waals surface area contributed by atoms with Gasteiger partial charge >= 0.3 is 0 Å². The number of carbonyl (C=O) groups is 1. The van der Waals surface area contributed by atoms with Gasteiger partial charge in [-0.15, -0.1) is 11.3 Å². The van der Waals surface area contributed by atoms with Crippen LogP contribution in [-0.4, -0.2) is 28.9 Å². The summed E-state index contributed by atoms with van der Waals surface area (Å²) in [5, 5.41) is 3.48. The largest absolute Gasteiger partial charge is 0.342 e. The molecule has 1 saturated heterocycles. The van der Waals surface area contributed by atoms with Crippen LogP contribution in [0.2, 0.25) is 0 Å². The molecule has 2 aliphatic rings. The molecule has 3 nitrogen and oxygen atoms in total. The summed E-state index contributed by atoms with van der Waals surface area (Å²) in [5.41, 5.74) is 1.22. The highest BCUT2D eigenvalue weighted by Crippen LogP contribution is 2.35. The number of carbonyl (C=O) groups excluding carboxylic acids is 1. The third-order valence-corrected chi connectivity index (χ3v) is 5.24. The molecule has 1 amide bonds. The van der Waals surface area contributed by atoms with E-state index in [0.29, 0.717) is 23.7 Å². The minimum absolute atomic E-state index is 0.365. The first-order chi connectivity index (χ1) is 9.15. The second-order valence-corrected chi connectivity index (χ2v) is 7.03. The van der Waals surface area contributed by atoms with Crippen LogP contribution in [0.1, 0.15) is 62.1 Å². The van der Waals surface area contributed by atoms with Gasteiger partial charge in [0.1, 0.15) is 0 Å². The minimum atomic E-state index is 0.365. The predicted octanol–water partition coefficient (Wildman–Crippen LogP) is 3.38. The Morgan fingerprint density at radius 2 is 2.00 bits per heavy atom. The van der Waals surface area contributed by atoms with Crippen LogP contribution in [0.4, 0.5) is 0 Å². The van der Waals surface area contributed by atoms with E-state index in [1.165, 1.54) is 10.7 Å². The van der Waals surface area contributed by atoms with Gasteiger partial charge in [0.2, 0.25) is 5.91 Å². The minimum Gasteiger partial charge on any atom is -0.342 e. The van der Waals surface area contributed by atoms with Crippen molar-refractivity contribution >= 4 is 17.2 Å². The van der Waals surface area contributed by atoms with Gasteiger partial charge in [0.05, 0.1) is 10.7 Å². The molecule has 0 N–H and O–H groups in total. The Balaban J connectivity index is 1.58. The number of hydrogen-bond donors (Lipinski definition) is 0. The molecule has 4 heteroatoms. The Bertz CT molecular complexity index is 456. The maximum absolute atomic E-state index is 12.0. The van der Waals surface area contributed by atoms with E-state index in [-0.39, 0.29) is 0 Å². The van der Waals surface area contributed by atoms with Gasteiger partial charge in [-0.25, -0.2) is 4.98 Å². The van der Waals surface area contributed by atoms with Gasteiger partial charge in [0, 0.05) is 30.3 Å². The highest BCUT2D eigenvalue weighted by Gasteiger charge is 2.35. The van der Waals surface area contributed by atoms with E-state index in [9.17, 15) is 4.79 Å². The summed E-state index contributed by atoms with van der Waals surface area (Å²) in [6.07, 6.45) is 4.40. The highest BCUT2D eigenvalue weighted by atomic mass is 32.1. The van der Waals surface area contributed by atoms with Crippen molar-refractivity contribution in [2.75, 3.05) is 13.1 Å². The van der Waals surface area contributed by atoms with Gasteiger partial charge in [-0.3, -0.25) is 4.79 Å². The monoisotopic (exact) mass is 278 g/mol. The second kappa shape index (κ2) is 5.23. The van der Waals surface area contributed by atoms with E-state index >= 15 is 0 Å². The molecular weight excluding hydrogens is 256 g/mol. The molecule has 0 spiro atoms. The average Bonchev–Trinajstić information content (AvgIpc) is 3.14. The molecule has 1 aliphatic heterocycles. The van der Waals surface area contributed by atoms with Crippen molar-refractivity contribution in [1.29, 1.82) is 0 Å². The van der Waals surface area contributed by atoms with E-state index in [0.717, 1.165) is 38.8 Å². The third-order valence-electron chi connectivity index (χ3n) is 4.21. The lowest BCUT2D eigenvalue weighted by atomic mass is 9.97. The first-order valence-corrected chi connectivity index (χ1v) is 8.27. The number of piperidine rings is 1. The molecule has 0 bridgehead atoms. The molecule has 19 heavy (non-hydrogen) atoms. The summed E-state index contributed by atoms with van der Waals surface area (Å²) in [6, 6.07) is 0. The van der Waals surface area contributed by atoms with Crippen molar-refractivity contribution in [3.05, 3.63) is 16.1 Å². The molecule has 2 fully saturated rings. The van der Waals surface area contributed by atoms with E-state index in [1.807, 2.05) is 0 Å². The van der Waals surface area contributed by atoms with Gasteiger partial charge in [-0.1, -0.05) is 13.8 Å². The molecule has 104 valence electrons. The smallest absolute Gasteiger partial charge is 0.225 e. The van der Waals surface area contributed by atoms with Gasteiger partial charge in [0.15, 0.2) is 0 Å². The SMILES string of the molecule is CC(C)c1csc(C2CCN(C(=O)C3CC3)CC2)n1. The van der Waals surface area contributed by atoms with Crippen LogP contribution >= 0.6 is 11.3 Å². The Morgan fingerprint density at radius 3 is 2.53 bits per heavy atom. The number of nitrogens with zero attached hydrogens (tertiary/aromatic N) is 2. The lowest BCUT2D eigenvalue weighted by Gasteiger charge is -2.31. The summed E-state index contributed by atoms with van der Waals surface area (Å²) >= 11 is 1.80. The van der Waals surface area contributed by atoms with Crippen molar-refractivity contribution in [3.63, 3.8) is 0 Å². The van der Waals surface area contributed by atoms with Crippen LogP contribution in [0.15, 0.2) is 5.38 Å². The fraction of sp³-hybridized carbons (Fsp3) is 0.733. The zero-order chi connectivity index (χ0) is 13.4. The van der Waals surface area contributed by atoms with Crippen molar-refractivity contribution in [3.8, 4) is 0 Å². The van der Waals surface area contributed by atoms with Gasteiger partial charge in [-0.2, -0.15) is 0 Å². The van der Waals surface area contributed by atoms with Gasteiger partial charge in [-0.05, 0) is 31.6 Å². The molecule has 0 radical (unpaired) electrons. The molecule has 0 aromatic carbocycles. The summed E-state index contributed by atoms with van der Waals surface area (Å²) in [4.78, 5) is 18.9. The van der Waals surface area contributed by atoms with Crippen LogP contribution in [0.25, 0.3) is 0 Å². The molecular formula is C15H22N2OS.